The fourth-order valence-electron chi connectivity index (χ4n) is 5.17. The van der Waals surface area contributed by atoms with Crippen LogP contribution in [0.1, 0.15) is 66.9 Å². The predicted molar refractivity (Wildman–Crippen MR) is 128 cm³/mol. The highest BCUT2D eigenvalue weighted by Gasteiger charge is 2.61. The molecule has 0 saturated heterocycles. The maximum atomic E-state index is 13.0. The molecule has 6 heteroatoms. The topological polar surface area (TPSA) is 78.9 Å². The van der Waals surface area contributed by atoms with Gasteiger partial charge in [-0.15, -0.1) is 0 Å². The molecule has 33 heavy (non-hydrogen) atoms. The quantitative estimate of drug-likeness (QED) is 0.490. The lowest BCUT2D eigenvalue weighted by atomic mass is 9.49. The van der Waals surface area contributed by atoms with Gasteiger partial charge in [-0.3, -0.25) is 9.69 Å². The van der Waals surface area contributed by atoms with Crippen molar-refractivity contribution in [2.45, 2.75) is 70.0 Å². The van der Waals surface area contributed by atoms with E-state index >= 15 is 0 Å². The smallest absolute Gasteiger partial charge is 0.408 e. The number of benzene rings is 2. The van der Waals surface area contributed by atoms with Gasteiger partial charge in [-0.05, 0) is 73.4 Å². The molecule has 2 amide bonds. The second kappa shape index (κ2) is 9.86. The molecule has 0 aliphatic heterocycles. The van der Waals surface area contributed by atoms with E-state index in [1.54, 1.807) is 24.1 Å². The first-order valence-corrected chi connectivity index (χ1v) is 12.0. The van der Waals surface area contributed by atoms with Crippen molar-refractivity contribution in [1.29, 1.82) is 0 Å². The summed E-state index contributed by atoms with van der Waals surface area (Å²) in [5.41, 5.74) is 2.50. The summed E-state index contributed by atoms with van der Waals surface area (Å²) in [5, 5.41) is 12.9. The summed E-state index contributed by atoms with van der Waals surface area (Å²) in [6, 6.07) is 15.4. The summed E-state index contributed by atoms with van der Waals surface area (Å²) in [5.74, 6) is 1.44. The largest absolute Gasteiger partial charge is 0.497 e. The van der Waals surface area contributed by atoms with Gasteiger partial charge in [-0.25, -0.2) is 4.79 Å². The number of ether oxygens (including phenoxy) is 1. The van der Waals surface area contributed by atoms with Crippen molar-refractivity contribution in [2.75, 3.05) is 7.11 Å². The summed E-state index contributed by atoms with van der Waals surface area (Å²) >= 11 is 0. The van der Waals surface area contributed by atoms with Gasteiger partial charge in [0, 0.05) is 23.7 Å². The van der Waals surface area contributed by atoms with Crippen molar-refractivity contribution in [1.82, 2.24) is 10.2 Å². The molecule has 5 rings (SSSR count). The Morgan fingerprint density at radius 2 is 1.88 bits per heavy atom. The van der Waals surface area contributed by atoms with Gasteiger partial charge in [0.1, 0.15) is 5.75 Å². The molecule has 2 aromatic carbocycles. The minimum Gasteiger partial charge on any atom is -0.497 e. The average Bonchev–Trinajstić information content (AvgIpc) is 2.75. The molecule has 0 radical (unpaired) electrons. The number of unbranched alkanes of at least 4 members (excludes halogenated alkanes) is 1. The van der Waals surface area contributed by atoms with E-state index in [9.17, 15) is 14.7 Å². The Morgan fingerprint density at radius 1 is 1.15 bits per heavy atom. The molecule has 1 atom stereocenters. The van der Waals surface area contributed by atoms with E-state index in [-0.39, 0.29) is 17.5 Å². The van der Waals surface area contributed by atoms with Gasteiger partial charge >= 0.3 is 6.09 Å². The standard InChI is InChI=1S/C27H34N2O4/c1-3-4-7-23(13-20-6-5-8-24(14-20)33-2)28-25(30)22-11-9-19(10-12-22)18-29(26(31)32)27-15-21(16-27)17-27/h5-6,8-12,14,21,23H,3-4,7,13,15-18H2,1-2H3,(H,28,30)(H,31,32). The van der Waals surface area contributed by atoms with Crippen LogP contribution in [0.4, 0.5) is 4.79 Å². The zero-order valence-corrected chi connectivity index (χ0v) is 19.5. The predicted octanol–water partition coefficient (Wildman–Crippen LogP) is 5.26. The third kappa shape index (κ3) is 5.15. The molecule has 3 aliphatic rings. The zero-order chi connectivity index (χ0) is 23.4. The molecule has 1 unspecified atom stereocenters. The van der Waals surface area contributed by atoms with Crippen LogP contribution in [0, 0.1) is 5.92 Å². The molecule has 2 aromatic rings. The Kier molecular flexibility index (Phi) is 6.91. The van der Waals surface area contributed by atoms with E-state index in [0.29, 0.717) is 12.1 Å². The molecule has 0 spiro atoms. The van der Waals surface area contributed by atoms with E-state index in [2.05, 4.69) is 18.3 Å². The number of methoxy groups -OCH3 is 1. The number of amides is 2. The number of rotatable bonds is 11. The molecule has 2 bridgehead atoms. The van der Waals surface area contributed by atoms with Gasteiger partial charge in [-0.1, -0.05) is 44.0 Å². The highest BCUT2D eigenvalue weighted by atomic mass is 16.5. The number of carbonyl (C=O) groups excluding carboxylic acids is 1. The first-order valence-electron chi connectivity index (χ1n) is 12.0. The van der Waals surface area contributed by atoms with Crippen LogP contribution in [0.15, 0.2) is 48.5 Å². The molecular formula is C27H34N2O4. The molecule has 3 fully saturated rings. The van der Waals surface area contributed by atoms with Crippen molar-refractivity contribution in [3.8, 4) is 5.75 Å². The third-order valence-electron chi connectivity index (χ3n) is 7.22. The average molecular weight is 451 g/mol. The van der Waals surface area contributed by atoms with Crippen LogP contribution in [0.3, 0.4) is 0 Å². The molecule has 0 heterocycles. The van der Waals surface area contributed by atoms with Crippen molar-refractivity contribution in [3.05, 3.63) is 65.2 Å². The number of carboxylic acid groups (broad SMARTS) is 1. The number of nitrogens with zero attached hydrogens (tertiary/aromatic N) is 1. The minimum absolute atomic E-state index is 0.0380. The Labute approximate surface area is 195 Å². The Hall–Kier alpha value is -3.02. The van der Waals surface area contributed by atoms with Gasteiger partial charge in [0.05, 0.1) is 7.11 Å². The first kappa shape index (κ1) is 23.1. The van der Waals surface area contributed by atoms with E-state index in [4.69, 9.17) is 4.74 Å². The van der Waals surface area contributed by atoms with Gasteiger partial charge in [0.15, 0.2) is 0 Å². The first-order chi connectivity index (χ1) is 15.9. The zero-order valence-electron chi connectivity index (χ0n) is 19.5. The van der Waals surface area contributed by atoms with Crippen LogP contribution >= 0.6 is 0 Å². The number of nitrogens with one attached hydrogen (secondary N) is 1. The lowest BCUT2D eigenvalue weighted by Gasteiger charge is -2.65. The second-order valence-corrected chi connectivity index (χ2v) is 9.64. The minimum atomic E-state index is -0.855. The highest BCUT2D eigenvalue weighted by Crippen LogP contribution is 2.60. The molecule has 6 nitrogen and oxygen atoms in total. The van der Waals surface area contributed by atoms with Crippen molar-refractivity contribution in [3.63, 3.8) is 0 Å². The maximum Gasteiger partial charge on any atom is 0.408 e. The van der Waals surface area contributed by atoms with Crippen LogP contribution in [0.2, 0.25) is 0 Å². The number of hydrogen-bond acceptors (Lipinski definition) is 3. The highest BCUT2D eigenvalue weighted by molar-refractivity contribution is 5.94. The number of hydrogen-bond donors (Lipinski definition) is 2. The molecule has 3 aliphatic carbocycles. The van der Waals surface area contributed by atoms with E-state index < -0.39 is 6.09 Å². The lowest BCUT2D eigenvalue weighted by molar-refractivity contribution is -0.131. The molecule has 3 saturated carbocycles. The van der Waals surface area contributed by atoms with Crippen molar-refractivity contribution < 1.29 is 19.4 Å². The summed E-state index contributed by atoms with van der Waals surface area (Å²) < 4.78 is 5.33. The lowest BCUT2D eigenvalue weighted by Crippen LogP contribution is -2.68. The van der Waals surface area contributed by atoms with Crippen LogP contribution in [-0.2, 0) is 13.0 Å². The van der Waals surface area contributed by atoms with E-state index in [0.717, 1.165) is 67.7 Å². The summed E-state index contributed by atoms with van der Waals surface area (Å²) in [4.78, 5) is 26.3. The van der Waals surface area contributed by atoms with Crippen LogP contribution in [0.25, 0.3) is 0 Å². The maximum absolute atomic E-state index is 13.0. The second-order valence-electron chi connectivity index (χ2n) is 9.64. The summed E-state index contributed by atoms with van der Waals surface area (Å²) in [6.45, 7) is 2.52. The van der Waals surface area contributed by atoms with Crippen LogP contribution in [0.5, 0.6) is 5.75 Å². The Balaban J connectivity index is 1.38. The van der Waals surface area contributed by atoms with Crippen molar-refractivity contribution >= 4 is 12.0 Å². The summed E-state index contributed by atoms with van der Waals surface area (Å²) in [6.07, 6.45) is 5.89. The third-order valence-corrected chi connectivity index (χ3v) is 7.22. The number of carbonyl (C=O) groups is 2. The SMILES string of the molecule is CCCCC(Cc1cccc(OC)c1)NC(=O)c1ccc(CN(C(=O)O)C23CC(C2)C3)cc1. The molecule has 2 N–H and O–H groups in total. The normalized spacial score (nSPS) is 21.3. The van der Waals surface area contributed by atoms with E-state index in [1.165, 1.54) is 0 Å². The molecule has 0 aromatic heterocycles. The van der Waals surface area contributed by atoms with Gasteiger partial charge in [-0.2, -0.15) is 0 Å². The fraction of sp³-hybridized carbons (Fsp3) is 0.481. The van der Waals surface area contributed by atoms with E-state index in [1.807, 2.05) is 30.3 Å². The Bertz CT molecular complexity index is 971. The van der Waals surface area contributed by atoms with Crippen LogP contribution in [-0.4, -0.2) is 40.7 Å². The Morgan fingerprint density at radius 3 is 2.45 bits per heavy atom. The van der Waals surface area contributed by atoms with Gasteiger partial charge in [0.25, 0.3) is 5.91 Å². The van der Waals surface area contributed by atoms with Gasteiger partial charge < -0.3 is 15.2 Å². The molecule has 176 valence electrons. The monoisotopic (exact) mass is 450 g/mol. The van der Waals surface area contributed by atoms with Crippen molar-refractivity contribution in [2.24, 2.45) is 5.92 Å². The summed E-state index contributed by atoms with van der Waals surface area (Å²) in [7, 11) is 1.66. The fourth-order valence-corrected chi connectivity index (χ4v) is 5.17. The van der Waals surface area contributed by atoms with Crippen LogP contribution < -0.4 is 10.1 Å². The molecular weight excluding hydrogens is 416 g/mol. The van der Waals surface area contributed by atoms with Gasteiger partial charge in [0.2, 0.25) is 0 Å².